The van der Waals surface area contributed by atoms with E-state index < -0.39 is 97.5 Å². The van der Waals surface area contributed by atoms with E-state index in [-0.39, 0.29) is 25.7 Å². The minimum atomic E-state index is -4.95. The third-order valence-corrected chi connectivity index (χ3v) is 18.2. The fourth-order valence-corrected chi connectivity index (χ4v) is 12.2. The first-order valence-corrected chi connectivity index (χ1v) is 39.6. The maximum Gasteiger partial charge on any atom is 0.472 e. The maximum atomic E-state index is 13.0. The molecular formula is C70H136O17P2. The minimum absolute atomic E-state index is 0.108. The van der Waals surface area contributed by atoms with Crippen LogP contribution in [0.1, 0.15) is 362 Å². The van der Waals surface area contributed by atoms with Gasteiger partial charge in [-0.1, -0.05) is 311 Å². The summed E-state index contributed by atoms with van der Waals surface area (Å²) in [4.78, 5) is 72.5. The van der Waals surface area contributed by atoms with Gasteiger partial charge in [-0.05, 0) is 31.6 Å². The average molecular weight is 1310 g/mol. The zero-order chi connectivity index (χ0) is 65.6. The van der Waals surface area contributed by atoms with Crippen molar-refractivity contribution in [2.24, 2.45) is 5.92 Å². The van der Waals surface area contributed by atoms with Crippen molar-refractivity contribution in [3.8, 4) is 0 Å². The van der Waals surface area contributed by atoms with Crippen molar-refractivity contribution in [2.45, 2.75) is 380 Å². The van der Waals surface area contributed by atoms with E-state index >= 15 is 0 Å². The Bertz CT molecular complexity index is 1720. The first-order valence-electron chi connectivity index (χ1n) is 36.6. The summed E-state index contributed by atoms with van der Waals surface area (Å²) in [6, 6.07) is 0. The number of ether oxygens (including phenoxy) is 4. The van der Waals surface area contributed by atoms with Gasteiger partial charge in [0, 0.05) is 25.7 Å². The molecule has 0 amide bonds. The van der Waals surface area contributed by atoms with Crippen molar-refractivity contribution in [1.82, 2.24) is 0 Å². The smallest absolute Gasteiger partial charge is 0.462 e. The molecule has 0 radical (unpaired) electrons. The van der Waals surface area contributed by atoms with Crippen LogP contribution in [0.4, 0.5) is 0 Å². The molecule has 0 aliphatic heterocycles. The van der Waals surface area contributed by atoms with Crippen LogP contribution in [0, 0.1) is 5.92 Å². The highest BCUT2D eigenvalue weighted by Crippen LogP contribution is 2.45. The number of hydrogen-bond donors (Lipinski definition) is 3. The van der Waals surface area contributed by atoms with Crippen LogP contribution in [-0.2, 0) is 65.4 Å². The third kappa shape index (κ3) is 64.6. The summed E-state index contributed by atoms with van der Waals surface area (Å²) in [6.07, 6.45) is 49.8. The van der Waals surface area contributed by atoms with Gasteiger partial charge in [-0.15, -0.1) is 0 Å². The van der Waals surface area contributed by atoms with Gasteiger partial charge in [-0.3, -0.25) is 37.3 Å². The molecule has 528 valence electrons. The molecule has 0 fully saturated rings. The second kappa shape index (κ2) is 63.5. The summed E-state index contributed by atoms with van der Waals surface area (Å²) in [5.41, 5.74) is 0. The Morgan fingerprint density at radius 3 is 0.764 bits per heavy atom. The molecule has 3 N–H and O–H groups in total. The predicted molar refractivity (Wildman–Crippen MR) is 358 cm³/mol. The number of phosphoric ester groups is 2. The van der Waals surface area contributed by atoms with Crippen molar-refractivity contribution in [3.05, 3.63) is 0 Å². The first kappa shape index (κ1) is 87.1. The van der Waals surface area contributed by atoms with Gasteiger partial charge >= 0.3 is 39.5 Å². The highest BCUT2D eigenvalue weighted by atomic mass is 31.2. The van der Waals surface area contributed by atoms with Crippen molar-refractivity contribution in [1.29, 1.82) is 0 Å². The van der Waals surface area contributed by atoms with E-state index in [1.165, 1.54) is 186 Å². The molecule has 0 aromatic carbocycles. The number of unbranched alkanes of at least 4 members (excludes halogenated alkanes) is 42. The van der Waals surface area contributed by atoms with Crippen LogP contribution < -0.4 is 0 Å². The van der Waals surface area contributed by atoms with Crippen LogP contribution in [0.15, 0.2) is 0 Å². The number of rotatable bonds is 70. The summed E-state index contributed by atoms with van der Waals surface area (Å²) in [5, 5.41) is 10.6. The number of aliphatic hydroxyl groups excluding tert-OH is 1. The maximum absolute atomic E-state index is 13.0. The number of carbonyl (C=O) groups excluding carboxylic acids is 4. The Kier molecular flexibility index (Phi) is 62.1. The van der Waals surface area contributed by atoms with Gasteiger partial charge in [-0.25, -0.2) is 9.13 Å². The van der Waals surface area contributed by atoms with Crippen LogP contribution in [0.25, 0.3) is 0 Å². The van der Waals surface area contributed by atoms with Crippen LogP contribution >= 0.6 is 15.6 Å². The van der Waals surface area contributed by atoms with E-state index in [1.54, 1.807) is 0 Å². The van der Waals surface area contributed by atoms with E-state index in [1.807, 2.05) is 0 Å². The topological polar surface area (TPSA) is 237 Å². The summed E-state index contributed by atoms with van der Waals surface area (Å²) < 4.78 is 68.3. The number of hydrogen-bond acceptors (Lipinski definition) is 15. The fraction of sp³-hybridized carbons (Fsp3) is 0.943. The Morgan fingerprint density at radius 2 is 0.517 bits per heavy atom. The lowest BCUT2D eigenvalue weighted by Crippen LogP contribution is -2.30. The molecule has 0 aliphatic carbocycles. The molecule has 19 heteroatoms. The molecule has 5 atom stereocenters. The lowest BCUT2D eigenvalue weighted by molar-refractivity contribution is -0.161. The van der Waals surface area contributed by atoms with Gasteiger partial charge < -0.3 is 33.8 Å². The van der Waals surface area contributed by atoms with Crippen LogP contribution in [0.3, 0.4) is 0 Å². The molecule has 0 saturated heterocycles. The van der Waals surface area contributed by atoms with Gasteiger partial charge in [0.2, 0.25) is 0 Å². The lowest BCUT2D eigenvalue weighted by atomic mass is 10.0. The predicted octanol–water partition coefficient (Wildman–Crippen LogP) is 20.1. The normalized spacial score (nSPS) is 14.1. The zero-order valence-electron chi connectivity index (χ0n) is 57.6. The standard InChI is InChI=1S/C70H136O17P2/c1-6-9-12-15-18-21-23-25-27-29-36-41-46-51-56-70(75)87-66(60-81-68(73)54-49-44-39-34-31-30-33-37-42-47-52-63(4)5)62-85-89(78,79)83-58-64(71)57-82-88(76,77)84-61-65(59-80-67(72)53-48-43-38-32-20-17-14-11-8-3)86-69(74)55-50-45-40-35-28-26-24-22-19-16-13-10-7-2/h63-66,71H,6-62H2,1-5H3,(H,76,77)(H,78,79)/t64-,65+,66+/m0/s1. The molecule has 17 nitrogen and oxygen atoms in total. The molecule has 0 rings (SSSR count). The van der Waals surface area contributed by atoms with Gasteiger partial charge in [0.05, 0.1) is 26.4 Å². The van der Waals surface area contributed by atoms with Crippen LogP contribution in [-0.4, -0.2) is 96.7 Å². The number of carbonyl (C=O) groups is 4. The minimum Gasteiger partial charge on any atom is -0.462 e. The van der Waals surface area contributed by atoms with E-state index in [9.17, 15) is 43.2 Å². The van der Waals surface area contributed by atoms with Gasteiger partial charge in [0.15, 0.2) is 12.2 Å². The van der Waals surface area contributed by atoms with Gasteiger partial charge in [-0.2, -0.15) is 0 Å². The molecule has 2 unspecified atom stereocenters. The number of phosphoric acid groups is 2. The number of esters is 4. The van der Waals surface area contributed by atoms with Crippen molar-refractivity contribution >= 4 is 39.5 Å². The Balaban J connectivity index is 5.24. The molecule has 0 saturated carbocycles. The molecule has 0 spiro atoms. The third-order valence-electron chi connectivity index (χ3n) is 16.3. The zero-order valence-corrected chi connectivity index (χ0v) is 59.4. The fourth-order valence-electron chi connectivity index (χ4n) is 10.6. The first-order chi connectivity index (χ1) is 43.0. The molecular weight excluding hydrogens is 1170 g/mol. The Morgan fingerprint density at radius 1 is 0.303 bits per heavy atom. The summed E-state index contributed by atoms with van der Waals surface area (Å²) in [5.74, 6) is -1.36. The highest BCUT2D eigenvalue weighted by molar-refractivity contribution is 7.47. The largest absolute Gasteiger partial charge is 0.472 e. The van der Waals surface area contributed by atoms with Crippen molar-refractivity contribution < 1.29 is 80.2 Å². The Hall–Kier alpha value is -1.94. The van der Waals surface area contributed by atoms with Gasteiger partial charge in [0.25, 0.3) is 0 Å². The lowest BCUT2D eigenvalue weighted by Gasteiger charge is -2.21. The summed E-state index contributed by atoms with van der Waals surface area (Å²) in [7, 11) is -9.90. The van der Waals surface area contributed by atoms with Crippen molar-refractivity contribution in [2.75, 3.05) is 39.6 Å². The van der Waals surface area contributed by atoms with Crippen LogP contribution in [0.2, 0.25) is 0 Å². The van der Waals surface area contributed by atoms with E-state index in [2.05, 4.69) is 34.6 Å². The molecule has 0 bridgehead atoms. The molecule has 0 heterocycles. The molecule has 0 aliphatic rings. The molecule has 0 aromatic rings. The Labute approximate surface area is 543 Å². The average Bonchev–Trinajstić information content (AvgIpc) is 3.71. The summed E-state index contributed by atoms with van der Waals surface area (Å²) >= 11 is 0. The molecule has 0 aromatic heterocycles. The van der Waals surface area contributed by atoms with Crippen molar-refractivity contribution in [3.63, 3.8) is 0 Å². The number of aliphatic hydroxyl groups is 1. The quantitative estimate of drug-likeness (QED) is 0.0222. The summed E-state index contributed by atoms with van der Waals surface area (Å²) in [6.45, 7) is 7.23. The highest BCUT2D eigenvalue weighted by Gasteiger charge is 2.30. The molecule has 89 heavy (non-hydrogen) atoms. The second-order valence-corrected chi connectivity index (χ2v) is 28.7. The van der Waals surface area contributed by atoms with Crippen LogP contribution in [0.5, 0.6) is 0 Å². The van der Waals surface area contributed by atoms with E-state index in [0.717, 1.165) is 95.8 Å². The van der Waals surface area contributed by atoms with E-state index in [4.69, 9.17) is 37.0 Å². The van der Waals surface area contributed by atoms with Gasteiger partial charge in [0.1, 0.15) is 19.3 Å². The monoisotopic (exact) mass is 1310 g/mol. The second-order valence-electron chi connectivity index (χ2n) is 25.7. The SMILES string of the molecule is CCCCCCCCCCCCCCCCC(=O)O[C@H](COC(=O)CCCCCCCCCCCCC(C)C)COP(=O)(O)OC[C@@H](O)COP(=O)(O)OC[C@@H](COC(=O)CCCCCCCCCCC)OC(=O)CCCCCCCCCCCCCCC. The van der Waals surface area contributed by atoms with E-state index in [0.29, 0.717) is 25.7 Å².